The van der Waals surface area contributed by atoms with E-state index in [0.717, 1.165) is 28.3 Å². The van der Waals surface area contributed by atoms with Gasteiger partial charge in [-0.25, -0.2) is 4.98 Å². The summed E-state index contributed by atoms with van der Waals surface area (Å²) in [5.41, 5.74) is 3.93. The molecule has 2 N–H and O–H groups in total. The van der Waals surface area contributed by atoms with Crippen LogP contribution in [0.1, 0.15) is 26.3 Å². The number of anilines is 2. The summed E-state index contributed by atoms with van der Waals surface area (Å²) >= 11 is 2.88. The maximum Gasteiger partial charge on any atom is 0.239 e. The van der Waals surface area contributed by atoms with E-state index in [9.17, 15) is 9.59 Å². The minimum absolute atomic E-state index is 0.0943. The number of carbonyl (C=O) groups is 2. The van der Waals surface area contributed by atoms with Crippen LogP contribution >= 0.6 is 23.1 Å². The fourth-order valence-electron chi connectivity index (χ4n) is 2.66. The zero-order valence-electron chi connectivity index (χ0n) is 16.6. The summed E-state index contributed by atoms with van der Waals surface area (Å²) < 4.78 is 0. The van der Waals surface area contributed by atoms with E-state index in [1.165, 1.54) is 35.6 Å². The van der Waals surface area contributed by atoms with Crippen molar-refractivity contribution in [2.75, 3.05) is 10.6 Å². The Balaban J connectivity index is 1.58. The summed E-state index contributed by atoms with van der Waals surface area (Å²) in [6.07, 6.45) is 1.00. The standard InChI is InChI=1S/C22H23N3O2S2/c1-4-16-5-7-17(8-6-16)20-13-28-22(24-20)25-21(27)14(2)29-19-11-9-18(10-12-19)23-15(3)26/h5-14H,4H2,1-3H3,(H,23,26)(H,24,25,27). The van der Waals surface area contributed by atoms with Gasteiger partial charge in [-0.2, -0.15) is 0 Å². The first-order valence-corrected chi connectivity index (χ1v) is 11.1. The molecular formula is C22H23N3O2S2. The number of benzene rings is 2. The Bertz CT molecular complexity index is 982. The molecule has 1 unspecified atom stereocenters. The van der Waals surface area contributed by atoms with Crippen molar-refractivity contribution in [3.8, 4) is 11.3 Å². The number of thioether (sulfide) groups is 1. The Hall–Kier alpha value is -2.64. The highest BCUT2D eigenvalue weighted by Crippen LogP contribution is 2.28. The first-order chi connectivity index (χ1) is 13.9. The van der Waals surface area contributed by atoms with Crippen molar-refractivity contribution in [1.29, 1.82) is 0 Å². The number of nitrogens with one attached hydrogen (secondary N) is 2. The van der Waals surface area contributed by atoms with Gasteiger partial charge in [0.05, 0.1) is 10.9 Å². The van der Waals surface area contributed by atoms with E-state index in [4.69, 9.17) is 0 Å². The lowest BCUT2D eigenvalue weighted by molar-refractivity contribution is -0.115. The zero-order chi connectivity index (χ0) is 20.8. The Morgan fingerprint density at radius 1 is 1.07 bits per heavy atom. The molecule has 1 atom stereocenters. The van der Waals surface area contributed by atoms with Crippen LogP contribution in [-0.4, -0.2) is 22.0 Å². The molecule has 1 aromatic heterocycles. The predicted octanol–water partition coefficient (Wildman–Crippen LogP) is 5.45. The van der Waals surface area contributed by atoms with E-state index in [1.54, 1.807) is 0 Å². The number of amides is 2. The average molecular weight is 426 g/mol. The molecule has 3 rings (SSSR count). The lowest BCUT2D eigenvalue weighted by Crippen LogP contribution is -2.22. The third kappa shape index (κ3) is 5.92. The van der Waals surface area contributed by atoms with Gasteiger partial charge >= 0.3 is 0 Å². The van der Waals surface area contributed by atoms with E-state index in [1.807, 2.05) is 36.6 Å². The number of hydrogen-bond acceptors (Lipinski definition) is 5. The van der Waals surface area contributed by atoms with Gasteiger partial charge in [-0.15, -0.1) is 23.1 Å². The fourth-order valence-corrected chi connectivity index (χ4v) is 4.25. The quantitative estimate of drug-likeness (QED) is 0.494. The van der Waals surface area contributed by atoms with Crippen LogP contribution in [0.4, 0.5) is 10.8 Å². The van der Waals surface area contributed by atoms with Gasteiger partial charge in [0.1, 0.15) is 0 Å². The van der Waals surface area contributed by atoms with Crippen molar-refractivity contribution in [3.63, 3.8) is 0 Å². The second-order valence-electron chi connectivity index (χ2n) is 6.54. The Morgan fingerprint density at radius 3 is 2.38 bits per heavy atom. The molecule has 0 saturated carbocycles. The molecule has 0 aliphatic carbocycles. The van der Waals surface area contributed by atoms with Crippen LogP contribution < -0.4 is 10.6 Å². The molecule has 0 aliphatic heterocycles. The highest BCUT2D eigenvalue weighted by Gasteiger charge is 2.16. The second kappa shape index (κ2) is 9.71. The minimum Gasteiger partial charge on any atom is -0.326 e. The molecule has 7 heteroatoms. The largest absolute Gasteiger partial charge is 0.326 e. The molecule has 2 amide bonds. The van der Waals surface area contributed by atoms with Gasteiger partial charge in [0, 0.05) is 28.5 Å². The highest BCUT2D eigenvalue weighted by molar-refractivity contribution is 8.00. The maximum atomic E-state index is 12.5. The van der Waals surface area contributed by atoms with Gasteiger partial charge in [0.25, 0.3) is 0 Å². The maximum absolute atomic E-state index is 12.5. The van der Waals surface area contributed by atoms with Crippen LogP contribution in [0.15, 0.2) is 58.8 Å². The van der Waals surface area contributed by atoms with Crippen molar-refractivity contribution < 1.29 is 9.59 Å². The number of nitrogens with zero attached hydrogens (tertiary/aromatic N) is 1. The molecule has 0 bridgehead atoms. The smallest absolute Gasteiger partial charge is 0.239 e. The van der Waals surface area contributed by atoms with Crippen molar-refractivity contribution in [3.05, 3.63) is 59.5 Å². The molecule has 0 fully saturated rings. The number of carbonyl (C=O) groups excluding carboxylic acids is 2. The Morgan fingerprint density at radius 2 is 1.76 bits per heavy atom. The van der Waals surface area contributed by atoms with Crippen LogP contribution in [0.5, 0.6) is 0 Å². The molecule has 2 aromatic carbocycles. The predicted molar refractivity (Wildman–Crippen MR) is 122 cm³/mol. The zero-order valence-corrected chi connectivity index (χ0v) is 18.2. The van der Waals surface area contributed by atoms with E-state index in [0.29, 0.717) is 5.13 Å². The van der Waals surface area contributed by atoms with Crippen molar-refractivity contribution in [2.45, 2.75) is 37.3 Å². The minimum atomic E-state index is -0.280. The van der Waals surface area contributed by atoms with Crippen LogP contribution in [-0.2, 0) is 16.0 Å². The molecule has 0 saturated heterocycles. The average Bonchev–Trinajstić information content (AvgIpc) is 3.17. The van der Waals surface area contributed by atoms with Gasteiger partial charge in [-0.05, 0) is 43.2 Å². The summed E-state index contributed by atoms with van der Waals surface area (Å²) in [6.45, 7) is 5.46. The van der Waals surface area contributed by atoms with Crippen LogP contribution in [0.25, 0.3) is 11.3 Å². The molecule has 1 heterocycles. The number of rotatable bonds is 7. The number of hydrogen-bond donors (Lipinski definition) is 2. The third-order valence-electron chi connectivity index (χ3n) is 4.25. The third-order valence-corrected chi connectivity index (χ3v) is 6.12. The monoisotopic (exact) mass is 425 g/mol. The summed E-state index contributed by atoms with van der Waals surface area (Å²) in [5, 5.41) is 7.90. The SMILES string of the molecule is CCc1ccc(-c2csc(NC(=O)C(C)Sc3ccc(NC(C)=O)cc3)n2)cc1. The van der Waals surface area contributed by atoms with E-state index < -0.39 is 0 Å². The van der Waals surface area contributed by atoms with Gasteiger partial charge in [-0.1, -0.05) is 31.2 Å². The normalized spacial score (nSPS) is 11.7. The molecule has 0 aliphatic rings. The molecule has 0 radical (unpaired) electrons. The van der Waals surface area contributed by atoms with E-state index in [2.05, 4.69) is 46.8 Å². The Kier molecular flexibility index (Phi) is 7.06. The highest BCUT2D eigenvalue weighted by atomic mass is 32.2. The first-order valence-electron chi connectivity index (χ1n) is 9.34. The van der Waals surface area contributed by atoms with Crippen molar-refractivity contribution in [1.82, 2.24) is 4.98 Å². The lowest BCUT2D eigenvalue weighted by Gasteiger charge is -2.11. The van der Waals surface area contributed by atoms with Gasteiger partial charge < -0.3 is 10.6 Å². The summed E-state index contributed by atoms with van der Waals surface area (Å²) in [5.74, 6) is -0.203. The second-order valence-corrected chi connectivity index (χ2v) is 8.82. The van der Waals surface area contributed by atoms with Crippen molar-refractivity contribution >= 4 is 45.7 Å². The van der Waals surface area contributed by atoms with Crippen LogP contribution in [0, 0.1) is 0 Å². The first kappa shape index (κ1) is 21.1. The summed E-state index contributed by atoms with van der Waals surface area (Å²) in [6, 6.07) is 15.7. The van der Waals surface area contributed by atoms with Crippen LogP contribution in [0.3, 0.4) is 0 Å². The summed E-state index contributed by atoms with van der Waals surface area (Å²) in [7, 11) is 0. The lowest BCUT2D eigenvalue weighted by atomic mass is 10.1. The molecule has 0 spiro atoms. The number of aromatic nitrogens is 1. The van der Waals surface area contributed by atoms with Gasteiger partial charge in [0.2, 0.25) is 11.8 Å². The molecule has 5 nitrogen and oxygen atoms in total. The van der Waals surface area contributed by atoms with Gasteiger partial charge in [0.15, 0.2) is 5.13 Å². The summed E-state index contributed by atoms with van der Waals surface area (Å²) in [4.78, 5) is 29.1. The van der Waals surface area contributed by atoms with Gasteiger partial charge in [-0.3, -0.25) is 9.59 Å². The molecule has 3 aromatic rings. The topological polar surface area (TPSA) is 71.1 Å². The Labute approximate surface area is 179 Å². The van der Waals surface area contributed by atoms with E-state index in [-0.39, 0.29) is 17.1 Å². The molecule has 150 valence electrons. The van der Waals surface area contributed by atoms with Crippen LogP contribution in [0.2, 0.25) is 0 Å². The fraction of sp³-hybridized carbons (Fsp3) is 0.227. The number of thiazole rings is 1. The molecule has 29 heavy (non-hydrogen) atoms. The van der Waals surface area contributed by atoms with E-state index >= 15 is 0 Å². The van der Waals surface area contributed by atoms with Crippen molar-refractivity contribution in [2.24, 2.45) is 0 Å². The molecular weight excluding hydrogens is 402 g/mol. The number of aryl methyl sites for hydroxylation is 1.